The van der Waals surface area contributed by atoms with Crippen LogP contribution in [0.5, 0.6) is 6.01 Å². The van der Waals surface area contributed by atoms with Crippen molar-refractivity contribution in [2.75, 3.05) is 50.5 Å². The summed E-state index contributed by atoms with van der Waals surface area (Å²) >= 11 is 0. The van der Waals surface area contributed by atoms with Crippen LogP contribution in [0.25, 0.3) is 0 Å². The topological polar surface area (TPSA) is 80.4 Å². The Morgan fingerprint density at radius 1 is 1.04 bits per heavy atom. The third kappa shape index (κ3) is 4.11. The zero-order valence-electron chi connectivity index (χ0n) is 14.3. The van der Waals surface area contributed by atoms with Crippen molar-refractivity contribution in [2.24, 2.45) is 0 Å². The number of ether oxygens (including phenoxy) is 1. The average molecular weight is 328 g/mol. The third-order valence-electron chi connectivity index (χ3n) is 4.28. The van der Waals surface area contributed by atoms with E-state index >= 15 is 0 Å². The smallest absolute Gasteiger partial charge is 0.321 e. The van der Waals surface area contributed by atoms with E-state index in [1.165, 1.54) is 18.4 Å². The first-order valence-corrected chi connectivity index (χ1v) is 8.22. The Bertz CT molecular complexity index is 667. The maximum atomic E-state index is 5.67. The van der Waals surface area contributed by atoms with Crippen molar-refractivity contribution < 1.29 is 4.74 Å². The van der Waals surface area contributed by atoms with E-state index in [2.05, 4.69) is 55.9 Å². The number of piperazine rings is 1. The van der Waals surface area contributed by atoms with Crippen molar-refractivity contribution in [1.82, 2.24) is 19.9 Å². The van der Waals surface area contributed by atoms with E-state index in [1.807, 2.05) is 0 Å². The number of aryl methyl sites for hydroxylation is 1. The Morgan fingerprint density at radius 2 is 1.75 bits per heavy atom. The molecule has 2 heterocycles. The molecule has 2 N–H and O–H groups in total. The van der Waals surface area contributed by atoms with Crippen LogP contribution in [0, 0.1) is 6.92 Å². The van der Waals surface area contributed by atoms with Gasteiger partial charge in [0.2, 0.25) is 5.95 Å². The molecule has 3 rings (SSSR count). The highest BCUT2D eigenvalue weighted by molar-refractivity contribution is 5.47. The van der Waals surface area contributed by atoms with Gasteiger partial charge in [-0.3, -0.25) is 4.90 Å². The number of benzene rings is 1. The summed E-state index contributed by atoms with van der Waals surface area (Å²) in [4.78, 5) is 17.2. The van der Waals surface area contributed by atoms with Crippen LogP contribution in [0.3, 0.4) is 0 Å². The SMILES string of the molecule is COc1nc(N)nc(CCN2CCN(c3ccc(C)cc3)CC2)n1. The molecule has 0 radical (unpaired) electrons. The lowest BCUT2D eigenvalue weighted by Crippen LogP contribution is -2.47. The van der Waals surface area contributed by atoms with Gasteiger partial charge >= 0.3 is 6.01 Å². The molecule has 0 unspecified atom stereocenters. The van der Waals surface area contributed by atoms with Gasteiger partial charge in [-0.25, -0.2) is 0 Å². The quantitative estimate of drug-likeness (QED) is 0.881. The molecule has 0 aliphatic carbocycles. The summed E-state index contributed by atoms with van der Waals surface area (Å²) in [5.41, 5.74) is 8.27. The Labute approximate surface area is 142 Å². The normalized spacial score (nSPS) is 15.5. The van der Waals surface area contributed by atoms with Gasteiger partial charge in [-0.15, -0.1) is 0 Å². The van der Waals surface area contributed by atoms with Crippen molar-refractivity contribution in [2.45, 2.75) is 13.3 Å². The molecule has 0 amide bonds. The van der Waals surface area contributed by atoms with E-state index in [4.69, 9.17) is 10.5 Å². The summed E-state index contributed by atoms with van der Waals surface area (Å²) in [5.74, 6) is 0.890. The van der Waals surface area contributed by atoms with Gasteiger partial charge in [0.05, 0.1) is 7.11 Å². The number of nitrogen functional groups attached to an aromatic ring is 1. The Hall–Kier alpha value is -2.41. The first-order chi connectivity index (χ1) is 11.6. The van der Waals surface area contributed by atoms with Gasteiger partial charge in [0.1, 0.15) is 5.82 Å². The second-order valence-corrected chi connectivity index (χ2v) is 6.01. The lowest BCUT2D eigenvalue weighted by molar-refractivity contribution is 0.259. The van der Waals surface area contributed by atoms with Gasteiger partial charge in [-0.2, -0.15) is 15.0 Å². The van der Waals surface area contributed by atoms with E-state index in [0.717, 1.165) is 39.1 Å². The Morgan fingerprint density at radius 3 is 2.42 bits per heavy atom. The molecule has 1 aliphatic rings. The van der Waals surface area contributed by atoms with Crippen LogP contribution in [0.15, 0.2) is 24.3 Å². The highest BCUT2D eigenvalue weighted by Gasteiger charge is 2.17. The molecule has 0 bridgehead atoms. The van der Waals surface area contributed by atoms with E-state index in [-0.39, 0.29) is 12.0 Å². The number of anilines is 2. The van der Waals surface area contributed by atoms with E-state index in [0.29, 0.717) is 5.82 Å². The van der Waals surface area contributed by atoms with Gasteiger partial charge in [0, 0.05) is 44.8 Å². The number of aromatic nitrogens is 3. The fourth-order valence-electron chi connectivity index (χ4n) is 2.86. The molecule has 0 saturated carbocycles. The van der Waals surface area contributed by atoms with Gasteiger partial charge in [0.15, 0.2) is 0 Å². The summed E-state index contributed by atoms with van der Waals surface area (Å²) in [7, 11) is 1.53. The number of nitrogens with two attached hydrogens (primary N) is 1. The number of nitrogens with zero attached hydrogens (tertiary/aromatic N) is 5. The zero-order chi connectivity index (χ0) is 16.9. The van der Waals surface area contributed by atoms with Crippen LogP contribution in [0.1, 0.15) is 11.4 Å². The Balaban J connectivity index is 1.50. The molecule has 1 saturated heterocycles. The molecule has 128 valence electrons. The van der Waals surface area contributed by atoms with Crippen molar-refractivity contribution in [1.29, 1.82) is 0 Å². The fourth-order valence-corrected chi connectivity index (χ4v) is 2.86. The van der Waals surface area contributed by atoms with E-state index in [9.17, 15) is 0 Å². The maximum Gasteiger partial charge on any atom is 0.321 e. The second kappa shape index (κ2) is 7.44. The number of methoxy groups -OCH3 is 1. The summed E-state index contributed by atoms with van der Waals surface area (Å²) in [6, 6.07) is 9.01. The Kier molecular flexibility index (Phi) is 5.10. The van der Waals surface area contributed by atoms with Gasteiger partial charge < -0.3 is 15.4 Å². The van der Waals surface area contributed by atoms with Gasteiger partial charge in [-0.1, -0.05) is 17.7 Å². The molecule has 7 heteroatoms. The highest BCUT2D eigenvalue weighted by atomic mass is 16.5. The molecule has 24 heavy (non-hydrogen) atoms. The largest absolute Gasteiger partial charge is 0.467 e. The first-order valence-electron chi connectivity index (χ1n) is 8.22. The lowest BCUT2D eigenvalue weighted by atomic mass is 10.2. The molecule has 7 nitrogen and oxygen atoms in total. The summed E-state index contributed by atoms with van der Waals surface area (Å²) in [5, 5.41) is 0. The van der Waals surface area contributed by atoms with Crippen molar-refractivity contribution in [3.8, 4) is 6.01 Å². The van der Waals surface area contributed by atoms with Crippen LogP contribution in [0.2, 0.25) is 0 Å². The van der Waals surface area contributed by atoms with E-state index < -0.39 is 0 Å². The molecule has 0 atom stereocenters. The molecule has 1 fully saturated rings. The molecule has 2 aromatic rings. The summed E-state index contributed by atoms with van der Waals surface area (Å²) in [6.07, 6.45) is 0.744. The standard InChI is InChI=1S/C17H24N6O/c1-13-3-5-14(6-4-13)23-11-9-22(10-12-23)8-7-15-19-16(18)21-17(20-15)24-2/h3-6H,7-12H2,1-2H3,(H2,18,19,20,21). The first kappa shape index (κ1) is 16.4. The lowest BCUT2D eigenvalue weighted by Gasteiger charge is -2.36. The van der Waals surface area contributed by atoms with Crippen molar-refractivity contribution >= 4 is 11.6 Å². The van der Waals surface area contributed by atoms with Crippen LogP contribution in [-0.4, -0.2) is 59.7 Å². The summed E-state index contributed by atoms with van der Waals surface area (Å²) in [6.45, 7) is 7.16. The minimum atomic E-state index is 0.209. The van der Waals surface area contributed by atoms with Crippen LogP contribution in [-0.2, 0) is 6.42 Å². The summed E-state index contributed by atoms with van der Waals surface area (Å²) < 4.78 is 5.04. The second-order valence-electron chi connectivity index (χ2n) is 6.01. The van der Waals surface area contributed by atoms with Crippen LogP contribution < -0.4 is 15.4 Å². The minimum absolute atomic E-state index is 0.209. The monoisotopic (exact) mass is 328 g/mol. The number of hydrogen-bond acceptors (Lipinski definition) is 7. The average Bonchev–Trinajstić information content (AvgIpc) is 2.60. The van der Waals surface area contributed by atoms with Gasteiger partial charge in [0.25, 0.3) is 0 Å². The van der Waals surface area contributed by atoms with Gasteiger partial charge in [-0.05, 0) is 19.1 Å². The predicted octanol–water partition coefficient (Wildman–Crippen LogP) is 1.14. The molecule has 1 aromatic heterocycles. The maximum absolute atomic E-state index is 5.67. The van der Waals surface area contributed by atoms with E-state index in [1.54, 1.807) is 0 Å². The number of hydrogen-bond donors (Lipinski definition) is 1. The third-order valence-corrected chi connectivity index (χ3v) is 4.28. The minimum Gasteiger partial charge on any atom is -0.467 e. The van der Waals surface area contributed by atoms with Crippen LogP contribution >= 0.6 is 0 Å². The highest BCUT2D eigenvalue weighted by Crippen LogP contribution is 2.17. The van der Waals surface area contributed by atoms with Crippen molar-refractivity contribution in [3.63, 3.8) is 0 Å². The van der Waals surface area contributed by atoms with Crippen molar-refractivity contribution in [3.05, 3.63) is 35.7 Å². The number of rotatable bonds is 5. The molecule has 1 aromatic carbocycles. The molecular weight excluding hydrogens is 304 g/mol. The molecular formula is C17H24N6O. The molecule has 1 aliphatic heterocycles. The predicted molar refractivity (Wildman–Crippen MR) is 94.3 cm³/mol. The zero-order valence-corrected chi connectivity index (χ0v) is 14.3. The fraction of sp³-hybridized carbons (Fsp3) is 0.471. The molecule has 0 spiro atoms. The van der Waals surface area contributed by atoms with Crippen LogP contribution in [0.4, 0.5) is 11.6 Å².